The summed E-state index contributed by atoms with van der Waals surface area (Å²) in [6.07, 6.45) is 0. The van der Waals surface area contributed by atoms with Crippen molar-refractivity contribution < 1.29 is 9.21 Å². The summed E-state index contributed by atoms with van der Waals surface area (Å²) >= 11 is 5.21. The normalized spacial score (nSPS) is 34.6. The maximum atomic E-state index is 12.0. The van der Waals surface area contributed by atoms with E-state index in [2.05, 4.69) is 29.1 Å². The molecule has 0 bridgehead atoms. The summed E-state index contributed by atoms with van der Waals surface area (Å²) in [5.41, 5.74) is 1.06. The second-order valence-electron chi connectivity index (χ2n) is 7.78. The molecule has 0 spiro atoms. The van der Waals surface area contributed by atoms with E-state index in [9.17, 15) is 4.79 Å². The number of aliphatic imine (C=N–C) groups is 3. The van der Waals surface area contributed by atoms with Crippen LogP contribution in [0.15, 0.2) is 19.4 Å². The van der Waals surface area contributed by atoms with E-state index < -0.39 is 5.54 Å². The molecule has 28 heavy (non-hydrogen) atoms. The van der Waals surface area contributed by atoms with E-state index in [1.165, 1.54) is 0 Å². The molecule has 7 nitrogen and oxygen atoms in total. The zero-order valence-electron chi connectivity index (χ0n) is 16.5. The SMILES string of the molecule is CNC(=O)c1nc([C@]2(C)CSC([C@]3(C)CSC([C@]4(C)CSC=N4)=N3)=N2)oc1C. The highest BCUT2D eigenvalue weighted by molar-refractivity contribution is 8.16. The minimum absolute atomic E-state index is 0.220. The number of aromatic nitrogens is 1. The van der Waals surface area contributed by atoms with E-state index in [0.717, 1.165) is 21.6 Å². The lowest BCUT2D eigenvalue weighted by molar-refractivity contribution is 0.0957. The number of hydrogen-bond donors (Lipinski definition) is 1. The van der Waals surface area contributed by atoms with Gasteiger partial charge in [0.2, 0.25) is 5.89 Å². The van der Waals surface area contributed by atoms with Gasteiger partial charge in [0, 0.05) is 24.3 Å². The predicted molar refractivity (Wildman–Crippen MR) is 120 cm³/mol. The van der Waals surface area contributed by atoms with Crippen molar-refractivity contribution in [3.8, 4) is 0 Å². The Hall–Kier alpha value is -1.26. The molecule has 0 fully saturated rings. The summed E-state index contributed by atoms with van der Waals surface area (Å²) in [7, 11) is 1.58. The third-order valence-corrected chi connectivity index (χ3v) is 9.08. The average molecular weight is 438 g/mol. The first-order valence-electron chi connectivity index (χ1n) is 9.01. The first-order valence-corrected chi connectivity index (χ1v) is 12.0. The quantitative estimate of drug-likeness (QED) is 0.778. The Morgan fingerprint density at radius 2 is 1.71 bits per heavy atom. The zero-order chi connectivity index (χ0) is 20.2. The van der Waals surface area contributed by atoms with E-state index in [1.54, 1.807) is 49.3 Å². The van der Waals surface area contributed by atoms with Crippen LogP contribution in [0.5, 0.6) is 0 Å². The van der Waals surface area contributed by atoms with Crippen molar-refractivity contribution in [2.24, 2.45) is 15.0 Å². The van der Waals surface area contributed by atoms with E-state index in [1.807, 2.05) is 12.5 Å². The molecule has 0 radical (unpaired) electrons. The Labute approximate surface area is 177 Å². The number of nitrogens with one attached hydrogen (secondary N) is 1. The molecule has 0 unspecified atom stereocenters. The molecule has 150 valence electrons. The van der Waals surface area contributed by atoms with E-state index in [0.29, 0.717) is 23.1 Å². The molecule has 1 N–H and O–H groups in total. The fourth-order valence-corrected chi connectivity index (χ4v) is 6.95. The van der Waals surface area contributed by atoms with Crippen LogP contribution in [0, 0.1) is 6.92 Å². The van der Waals surface area contributed by atoms with Gasteiger partial charge in [0.1, 0.15) is 22.4 Å². The monoisotopic (exact) mass is 437 g/mol. The van der Waals surface area contributed by atoms with Crippen molar-refractivity contribution in [1.29, 1.82) is 0 Å². The van der Waals surface area contributed by atoms with Gasteiger partial charge in [0.15, 0.2) is 5.69 Å². The lowest BCUT2D eigenvalue weighted by Crippen LogP contribution is -2.33. The first kappa shape index (κ1) is 20.0. The van der Waals surface area contributed by atoms with Crippen molar-refractivity contribution in [3.05, 3.63) is 17.3 Å². The van der Waals surface area contributed by atoms with Crippen molar-refractivity contribution in [3.63, 3.8) is 0 Å². The van der Waals surface area contributed by atoms with Gasteiger partial charge < -0.3 is 9.73 Å². The van der Waals surface area contributed by atoms with Gasteiger partial charge in [-0.1, -0.05) is 0 Å². The standard InChI is InChI=1S/C18H23N5O2S3/c1-10-11(12(24)19-5)21-13(25-10)16(2)7-27-15(22-16)18(4)8-28-14(23-18)17(3)6-26-9-20-17/h9H,6-8H2,1-5H3,(H,19,24)/t16-,17-,18-/m0/s1. The Morgan fingerprint density at radius 1 is 1.07 bits per heavy atom. The molecule has 0 aromatic carbocycles. The number of amides is 1. The summed E-state index contributed by atoms with van der Waals surface area (Å²) < 4.78 is 5.83. The van der Waals surface area contributed by atoms with Gasteiger partial charge in [-0.15, -0.1) is 35.3 Å². The predicted octanol–water partition coefficient (Wildman–Crippen LogP) is 3.14. The number of carbonyl (C=O) groups is 1. The lowest BCUT2D eigenvalue weighted by Gasteiger charge is -2.21. The number of oxazole rings is 1. The van der Waals surface area contributed by atoms with Crippen LogP contribution in [-0.2, 0) is 5.54 Å². The number of thioether (sulfide) groups is 3. The molecule has 3 atom stereocenters. The molecule has 1 aromatic heterocycles. The summed E-state index contributed by atoms with van der Waals surface area (Å²) in [6.45, 7) is 8.03. The summed E-state index contributed by atoms with van der Waals surface area (Å²) in [4.78, 5) is 31.1. The summed E-state index contributed by atoms with van der Waals surface area (Å²) in [6, 6.07) is 0. The summed E-state index contributed by atoms with van der Waals surface area (Å²) in [5, 5.41) is 4.68. The van der Waals surface area contributed by atoms with Gasteiger partial charge in [0.25, 0.3) is 5.91 Å². The number of nitrogens with zero attached hydrogens (tertiary/aromatic N) is 4. The van der Waals surface area contributed by atoms with Crippen molar-refractivity contribution in [1.82, 2.24) is 10.3 Å². The molecular formula is C18H23N5O2S3. The van der Waals surface area contributed by atoms with Gasteiger partial charge in [-0.3, -0.25) is 19.8 Å². The van der Waals surface area contributed by atoms with Crippen LogP contribution in [0.2, 0.25) is 0 Å². The fourth-order valence-electron chi connectivity index (χ4n) is 3.23. The number of carbonyl (C=O) groups excluding carboxylic acids is 1. The van der Waals surface area contributed by atoms with Crippen LogP contribution in [0.25, 0.3) is 0 Å². The van der Waals surface area contributed by atoms with E-state index in [4.69, 9.17) is 14.4 Å². The van der Waals surface area contributed by atoms with Crippen LogP contribution in [0.1, 0.15) is 42.9 Å². The van der Waals surface area contributed by atoms with Crippen LogP contribution in [0.3, 0.4) is 0 Å². The lowest BCUT2D eigenvalue weighted by atomic mass is 10.0. The van der Waals surface area contributed by atoms with Crippen LogP contribution < -0.4 is 5.32 Å². The van der Waals surface area contributed by atoms with Crippen LogP contribution in [0.4, 0.5) is 0 Å². The van der Waals surface area contributed by atoms with Gasteiger partial charge in [-0.05, 0) is 27.7 Å². The maximum Gasteiger partial charge on any atom is 0.273 e. The molecule has 0 saturated heterocycles. The number of hydrogen-bond acceptors (Lipinski definition) is 9. The average Bonchev–Trinajstić information content (AvgIpc) is 3.42. The fraction of sp³-hybridized carbons (Fsp3) is 0.611. The minimum Gasteiger partial charge on any atom is -0.442 e. The largest absolute Gasteiger partial charge is 0.442 e. The third kappa shape index (κ3) is 3.23. The molecule has 0 saturated carbocycles. The molecule has 3 aliphatic rings. The highest BCUT2D eigenvalue weighted by Crippen LogP contribution is 2.45. The molecular weight excluding hydrogens is 414 g/mol. The topological polar surface area (TPSA) is 92.2 Å². The smallest absolute Gasteiger partial charge is 0.273 e. The molecule has 1 amide bonds. The van der Waals surface area contributed by atoms with Gasteiger partial charge in [-0.2, -0.15) is 0 Å². The summed E-state index contributed by atoms with van der Waals surface area (Å²) in [5.74, 6) is 3.25. The van der Waals surface area contributed by atoms with Crippen LogP contribution in [-0.4, -0.2) is 61.9 Å². The van der Waals surface area contributed by atoms with Crippen molar-refractivity contribution >= 4 is 56.8 Å². The Morgan fingerprint density at radius 3 is 2.36 bits per heavy atom. The maximum absolute atomic E-state index is 12.0. The highest BCUT2D eigenvalue weighted by Gasteiger charge is 2.48. The van der Waals surface area contributed by atoms with Gasteiger partial charge in [0.05, 0.1) is 15.6 Å². The Balaban J connectivity index is 1.63. The van der Waals surface area contributed by atoms with Crippen LogP contribution >= 0.6 is 35.3 Å². The minimum atomic E-state index is -0.603. The molecule has 10 heteroatoms. The van der Waals surface area contributed by atoms with E-state index in [-0.39, 0.29) is 17.0 Å². The molecule has 4 rings (SSSR count). The van der Waals surface area contributed by atoms with E-state index >= 15 is 0 Å². The molecule has 1 aromatic rings. The second kappa shape index (κ2) is 6.91. The number of aryl methyl sites for hydroxylation is 1. The third-order valence-electron chi connectivity index (χ3n) is 5.07. The Bertz CT molecular complexity index is 926. The molecule has 4 heterocycles. The first-order chi connectivity index (χ1) is 13.2. The molecule has 0 aliphatic carbocycles. The van der Waals surface area contributed by atoms with Crippen molar-refractivity contribution in [2.45, 2.75) is 44.3 Å². The second-order valence-corrected chi connectivity index (χ2v) is 10.5. The Kier molecular flexibility index (Phi) is 4.95. The van der Waals surface area contributed by atoms with Gasteiger partial charge >= 0.3 is 0 Å². The van der Waals surface area contributed by atoms with Gasteiger partial charge in [-0.25, -0.2) is 4.98 Å². The zero-order valence-corrected chi connectivity index (χ0v) is 19.0. The molecule has 3 aliphatic heterocycles. The highest BCUT2D eigenvalue weighted by atomic mass is 32.2. The number of rotatable bonds is 4. The van der Waals surface area contributed by atoms with Crippen molar-refractivity contribution in [2.75, 3.05) is 24.3 Å².